The van der Waals surface area contributed by atoms with Gasteiger partial charge in [0.2, 0.25) is 0 Å². The molecular formula is C21H26F3N3O3. The summed E-state index contributed by atoms with van der Waals surface area (Å²) in [7, 11) is 4.64. The Balaban J connectivity index is 2.16. The van der Waals surface area contributed by atoms with Crippen molar-refractivity contribution >= 4 is 5.96 Å². The lowest BCUT2D eigenvalue weighted by Gasteiger charge is -2.16. The number of ether oxygens (including phenoxy) is 3. The molecule has 2 N–H and O–H groups in total. The van der Waals surface area contributed by atoms with Gasteiger partial charge in [0.25, 0.3) is 0 Å². The number of halogens is 3. The van der Waals surface area contributed by atoms with E-state index >= 15 is 0 Å². The lowest BCUT2D eigenvalue weighted by atomic mass is 10.1. The van der Waals surface area contributed by atoms with Crippen molar-refractivity contribution in [3.8, 4) is 17.2 Å². The number of benzene rings is 2. The van der Waals surface area contributed by atoms with Crippen molar-refractivity contribution < 1.29 is 27.4 Å². The molecule has 0 fully saturated rings. The van der Waals surface area contributed by atoms with Crippen LogP contribution in [-0.4, -0.2) is 33.8 Å². The summed E-state index contributed by atoms with van der Waals surface area (Å²) in [6.07, 6.45) is -4.38. The Labute approximate surface area is 174 Å². The van der Waals surface area contributed by atoms with Gasteiger partial charge in [-0.1, -0.05) is 12.1 Å². The monoisotopic (exact) mass is 425 g/mol. The Hall–Kier alpha value is -3.10. The summed E-state index contributed by atoms with van der Waals surface area (Å²) in [6.45, 7) is 2.95. The van der Waals surface area contributed by atoms with Gasteiger partial charge < -0.3 is 24.8 Å². The standard InChI is InChI=1S/C21H26F3N3O3/c1-5-25-20(26-12-14-7-6-8-16(9-14)21(22,23)24)27-13-15-10-18(29-3)19(30-4)11-17(15)28-2/h6-11H,5,12-13H2,1-4H3,(H2,25,26,27). The first-order valence-corrected chi connectivity index (χ1v) is 9.29. The lowest BCUT2D eigenvalue weighted by molar-refractivity contribution is -0.137. The number of rotatable bonds is 8. The quantitative estimate of drug-likeness (QED) is 0.495. The van der Waals surface area contributed by atoms with Crippen LogP contribution in [-0.2, 0) is 19.3 Å². The Morgan fingerprint density at radius 2 is 1.60 bits per heavy atom. The molecule has 0 bridgehead atoms. The molecule has 0 aliphatic heterocycles. The molecule has 0 spiro atoms. The van der Waals surface area contributed by atoms with Crippen LogP contribution in [0, 0.1) is 0 Å². The molecule has 0 aromatic heterocycles. The third-order valence-electron chi connectivity index (χ3n) is 4.25. The van der Waals surface area contributed by atoms with Crippen LogP contribution < -0.4 is 24.8 Å². The van der Waals surface area contributed by atoms with E-state index < -0.39 is 11.7 Å². The van der Waals surface area contributed by atoms with Crippen LogP contribution in [0.2, 0.25) is 0 Å². The smallest absolute Gasteiger partial charge is 0.416 e. The second-order valence-electron chi connectivity index (χ2n) is 6.27. The summed E-state index contributed by atoms with van der Waals surface area (Å²) < 4.78 is 54.7. The predicted molar refractivity (Wildman–Crippen MR) is 109 cm³/mol. The number of nitrogens with one attached hydrogen (secondary N) is 2. The van der Waals surface area contributed by atoms with Gasteiger partial charge in [-0.25, -0.2) is 4.99 Å². The minimum absolute atomic E-state index is 0.0995. The lowest BCUT2D eigenvalue weighted by Crippen LogP contribution is -2.36. The number of methoxy groups -OCH3 is 3. The molecule has 164 valence electrons. The first-order valence-electron chi connectivity index (χ1n) is 9.29. The molecule has 9 heteroatoms. The van der Waals surface area contributed by atoms with E-state index in [0.717, 1.165) is 17.7 Å². The highest BCUT2D eigenvalue weighted by atomic mass is 19.4. The van der Waals surface area contributed by atoms with Crippen molar-refractivity contribution in [3.05, 3.63) is 53.1 Å². The zero-order valence-corrected chi connectivity index (χ0v) is 17.4. The summed E-state index contributed by atoms with van der Waals surface area (Å²) in [5, 5.41) is 6.23. The number of alkyl halides is 3. The van der Waals surface area contributed by atoms with E-state index in [1.807, 2.05) is 6.92 Å². The zero-order valence-electron chi connectivity index (χ0n) is 17.4. The fourth-order valence-corrected chi connectivity index (χ4v) is 2.77. The molecule has 0 amide bonds. The van der Waals surface area contributed by atoms with Gasteiger partial charge in [-0.2, -0.15) is 13.2 Å². The van der Waals surface area contributed by atoms with Crippen molar-refractivity contribution in [2.45, 2.75) is 26.2 Å². The molecule has 2 aromatic rings. The largest absolute Gasteiger partial charge is 0.496 e. The average molecular weight is 425 g/mol. The maximum Gasteiger partial charge on any atom is 0.416 e. The van der Waals surface area contributed by atoms with Gasteiger partial charge >= 0.3 is 6.18 Å². The molecular weight excluding hydrogens is 399 g/mol. The first kappa shape index (κ1) is 23.2. The highest BCUT2D eigenvalue weighted by molar-refractivity contribution is 5.79. The summed E-state index contributed by atoms with van der Waals surface area (Å²) in [5.41, 5.74) is 0.578. The number of nitrogens with zero attached hydrogens (tertiary/aromatic N) is 1. The van der Waals surface area contributed by atoms with Crippen molar-refractivity contribution in [2.75, 3.05) is 27.9 Å². The van der Waals surface area contributed by atoms with E-state index in [1.165, 1.54) is 6.07 Å². The normalized spacial score (nSPS) is 11.8. The molecule has 30 heavy (non-hydrogen) atoms. The average Bonchev–Trinajstić information content (AvgIpc) is 2.74. The summed E-state index contributed by atoms with van der Waals surface area (Å²) >= 11 is 0. The Morgan fingerprint density at radius 1 is 0.933 bits per heavy atom. The molecule has 0 aliphatic carbocycles. The molecule has 0 radical (unpaired) electrons. The van der Waals surface area contributed by atoms with Gasteiger partial charge in [0.05, 0.1) is 33.4 Å². The zero-order chi connectivity index (χ0) is 22.1. The van der Waals surface area contributed by atoms with E-state index in [2.05, 4.69) is 15.6 Å². The topological polar surface area (TPSA) is 64.1 Å². The van der Waals surface area contributed by atoms with Crippen LogP contribution in [0.4, 0.5) is 13.2 Å². The molecule has 0 saturated heterocycles. The van der Waals surface area contributed by atoms with Crippen LogP contribution in [0.25, 0.3) is 0 Å². The highest BCUT2D eigenvalue weighted by Crippen LogP contribution is 2.34. The maximum absolute atomic E-state index is 12.9. The van der Waals surface area contributed by atoms with Crippen molar-refractivity contribution in [2.24, 2.45) is 4.99 Å². The molecule has 0 unspecified atom stereocenters. The molecule has 0 heterocycles. The third kappa shape index (κ3) is 6.20. The van der Waals surface area contributed by atoms with E-state index in [4.69, 9.17) is 14.2 Å². The van der Waals surface area contributed by atoms with E-state index in [-0.39, 0.29) is 6.54 Å². The Morgan fingerprint density at radius 3 is 2.20 bits per heavy atom. The van der Waals surface area contributed by atoms with Gasteiger partial charge in [-0.3, -0.25) is 0 Å². The molecule has 0 atom stereocenters. The highest BCUT2D eigenvalue weighted by Gasteiger charge is 2.30. The Bertz CT molecular complexity index is 870. The summed E-state index contributed by atoms with van der Waals surface area (Å²) in [4.78, 5) is 4.38. The van der Waals surface area contributed by atoms with Crippen molar-refractivity contribution in [1.29, 1.82) is 0 Å². The van der Waals surface area contributed by atoms with E-state index in [1.54, 1.807) is 39.5 Å². The first-order chi connectivity index (χ1) is 14.3. The maximum atomic E-state index is 12.9. The van der Waals surface area contributed by atoms with Crippen LogP contribution in [0.3, 0.4) is 0 Å². The predicted octanol–water partition coefficient (Wildman–Crippen LogP) is 3.99. The minimum atomic E-state index is -4.38. The molecule has 0 aliphatic rings. The molecule has 2 aromatic carbocycles. The van der Waals surface area contributed by atoms with Gasteiger partial charge in [0.15, 0.2) is 17.5 Å². The molecule has 6 nitrogen and oxygen atoms in total. The number of hydrogen-bond donors (Lipinski definition) is 2. The number of aliphatic imine (C=N–C) groups is 1. The van der Waals surface area contributed by atoms with Crippen molar-refractivity contribution in [1.82, 2.24) is 10.6 Å². The molecule has 0 saturated carbocycles. The second-order valence-corrected chi connectivity index (χ2v) is 6.27. The van der Waals surface area contributed by atoms with Gasteiger partial charge in [-0.05, 0) is 30.7 Å². The Kier molecular flexibility index (Phi) is 8.20. The van der Waals surface area contributed by atoms with Gasteiger partial charge in [0.1, 0.15) is 5.75 Å². The summed E-state index contributed by atoms with van der Waals surface area (Å²) in [6, 6.07) is 8.65. The van der Waals surface area contributed by atoms with Crippen molar-refractivity contribution in [3.63, 3.8) is 0 Å². The van der Waals surface area contributed by atoms with Crippen LogP contribution in [0.1, 0.15) is 23.6 Å². The summed E-state index contributed by atoms with van der Waals surface area (Å²) in [5.74, 6) is 2.17. The van der Waals surface area contributed by atoms with E-state index in [0.29, 0.717) is 41.9 Å². The van der Waals surface area contributed by atoms with E-state index in [9.17, 15) is 13.2 Å². The van der Waals surface area contributed by atoms with Crippen LogP contribution >= 0.6 is 0 Å². The third-order valence-corrected chi connectivity index (χ3v) is 4.25. The number of hydrogen-bond acceptors (Lipinski definition) is 4. The number of guanidine groups is 1. The fourth-order valence-electron chi connectivity index (χ4n) is 2.77. The molecule has 2 rings (SSSR count). The van der Waals surface area contributed by atoms with Gasteiger partial charge in [-0.15, -0.1) is 0 Å². The fraction of sp³-hybridized carbons (Fsp3) is 0.381. The van der Waals surface area contributed by atoms with Crippen LogP contribution in [0.5, 0.6) is 17.2 Å². The SMILES string of the molecule is CCNC(=NCc1cccc(C(F)(F)F)c1)NCc1cc(OC)c(OC)cc1OC. The van der Waals surface area contributed by atoms with Gasteiger partial charge in [0, 0.05) is 24.7 Å². The minimum Gasteiger partial charge on any atom is -0.496 e. The second kappa shape index (κ2) is 10.6. The van der Waals surface area contributed by atoms with Crippen LogP contribution in [0.15, 0.2) is 41.4 Å².